The Balaban J connectivity index is 1.39. The summed E-state index contributed by atoms with van der Waals surface area (Å²) in [5, 5.41) is 5.79. The first-order valence-electron chi connectivity index (χ1n) is 9.15. The number of nitrogens with one attached hydrogen (secondary N) is 2. The second-order valence-corrected chi connectivity index (χ2v) is 6.70. The minimum atomic E-state index is -0.245. The second-order valence-electron chi connectivity index (χ2n) is 6.70. The largest absolute Gasteiger partial charge is 0.493 e. The van der Waals surface area contributed by atoms with Gasteiger partial charge in [-0.05, 0) is 58.5 Å². The monoisotopic (exact) mass is 374 g/mol. The number of amides is 2. The molecule has 3 aromatic carbocycles. The van der Waals surface area contributed by atoms with E-state index in [1.54, 1.807) is 14.2 Å². The Morgan fingerprint density at radius 3 is 2.50 bits per heavy atom. The van der Waals surface area contributed by atoms with Gasteiger partial charge in [0.05, 0.1) is 14.2 Å². The number of hydrogen-bond donors (Lipinski definition) is 2. The molecule has 1 aliphatic rings. The van der Waals surface area contributed by atoms with Crippen LogP contribution in [0, 0.1) is 0 Å². The van der Waals surface area contributed by atoms with Gasteiger partial charge in [0.15, 0.2) is 11.5 Å². The smallest absolute Gasteiger partial charge is 0.319 e. The topological polar surface area (TPSA) is 59.6 Å². The Bertz CT molecular complexity index is 1030. The summed E-state index contributed by atoms with van der Waals surface area (Å²) in [6, 6.07) is 19.8. The van der Waals surface area contributed by atoms with E-state index >= 15 is 0 Å². The Labute approximate surface area is 164 Å². The number of methoxy groups -OCH3 is 2. The van der Waals surface area contributed by atoms with Gasteiger partial charge in [0, 0.05) is 12.2 Å². The lowest BCUT2D eigenvalue weighted by Crippen LogP contribution is -2.28. The van der Waals surface area contributed by atoms with E-state index in [-0.39, 0.29) is 6.03 Å². The molecule has 0 aromatic heterocycles. The van der Waals surface area contributed by atoms with E-state index in [1.807, 2.05) is 30.3 Å². The van der Waals surface area contributed by atoms with Crippen molar-refractivity contribution >= 4 is 11.7 Å². The minimum absolute atomic E-state index is 0.245. The number of rotatable bonds is 5. The molecule has 2 N–H and O–H groups in total. The third-order valence-corrected chi connectivity index (χ3v) is 4.95. The summed E-state index contributed by atoms with van der Waals surface area (Å²) in [5.41, 5.74) is 6.80. The number of anilines is 1. The highest BCUT2D eigenvalue weighted by Crippen LogP contribution is 2.37. The number of carbonyl (C=O) groups excluding carboxylic acids is 1. The first-order valence-corrected chi connectivity index (χ1v) is 9.15. The summed E-state index contributed by atoms with van der Waals surface area (Å²) < 4.78 is 10.5. The van der Waals surface area contributed by atoms with Gasteiger partial charge >= 0.3 is 6.03 Å². The van der Waals surface area contributed by atoms with Crippen LogP contribution in [0.1, 0.15) is 16.7 Å². The lowest BCUT2D eigenvalue weighted by molar-refractivity contribution is 0.251. The van der Waals surface area contributed by atoms with Crippen LogP contribution in [0.3, 0.4) is 0 Å². The Hall–Kier alpha value is -3.47. The molecular formula is C23H22N2O3. The molecule has 0 radical (unpaired) electrons. The van der Waals surface area contributed by atoms with Crippen LogP contribution in [-0.4, -0.2) is 20.3 Å². The molecule has 142 valence electrons. The molecular weight excluding hydrogens is 352 g/mol. The Morgan fingerprint density at radius 2 is 1.68 bits per heavy atom. The van der Waals surface area contributed by atoms with Gasteiger partial charge in [0.25, 0.3) is 0 Å². The molecule has 0 atom stereocenters. The van der Waals surface area contributed by atoms with Crippen molar-refractivity contribution in [3.63, 3.8) is 0 Å². The van der Waals surface area contributed by atoms with Crippen LogP contribution in [0.4, 0.5) is 10.5 Å². The minimum Gasteiger partial charge on any atom is -0.493 e. The maximum atomic E-state index is 12.3. The number of fused-ring (bicyclic) bond motifs is 3. The van der Waals surface area contributed by atoms with Crippen LogP contribution in [0.2, 0.25) is 0 Å². The van der Waals surface area contributed by atoms with Crippen LogP contribution < -0.4 is 20.1 Å². The molecule has 0 saturated carbocycles. The number of carbonyl (C=O) groups is 1. The summed E-state index contributed by atoms with van der Waals surface area (Å²) in [6.07, 6.45) is 0.897. The third-order valence-electron chi connectivity index (χ3n) is 4.95. The molecule has 0 saturated heterocycles. The van der Waals surface area contributed by atoms with Crippen molar-refractivity contribution in [3.05, 3.63) is 77.4 Å². The highest BCUT2D eigenvalue weighted by molar-refractivity contribution is 5.90. The van der Waals surface area contributed by atoms with Gasteiger partial charge in [-0.15, -0.1) is 0 Å². The van der Waals surface area contributed by atoms with Crippen LogP contribution in [0.5, 0.6) is 11.5 Å². The van der Waals surface area contributed by atoms with Gasteiger partial charge in [-0.1, -0.05) is 36.4 Å². The van der Waals surface area contributed by atoms with Crippen LogP contribution >= 0.6 is 0 Å². The van der Waals surface area contributed by atoms with E-state index in [4.69, 9.17) is 9.47 Å². The summed E-state index contributed by atoms with van der Waals surface area (Å²) >= 11 is 0. The number of benzene rings is 3. The normalized spacial score (nSPS) is 11.4. The number of ether oxygens (including phenoxy) is 2. The van der Waals surface area contributed by atoms with Gasteiger partial charge in [0.2, 0.25) is 0 Å². The molecule has 1 aliphatic carbocycles. The molecule has 0 unspecified atom stereocenters. The van der Waals surface area contributed by atoms with E-state index in [9.17, 15) is 4.79 Å². The van der Waals surface area contributed by atoms with Gasteiger partial charge in [-0.25, -0.2) is 4.79 Å². The van der Waals surface area contributed by atoms with Crippen molar-refractivity contribution in [2.75, 3.05) is 19.5 Å². The molecule has 0 fully saturated rings. The van der Waals surface area contributed by atoms with Crippen molar-refractivity contribution in [2.45, 2.75) is 13.0 Å². The van der Waals surface area contributed by atoms with E-state index < -0.39 is 0 Å². The van der Waals surface area contributed by atoms with E-state index in [1.165, 1.54) is 22.3 Å². The molecule has 28 heavy (non-hydrogen) atoms. The van der Waals surface area contributed by atoms with Crippen molar-refractivity contribution < 1.29 is 14.3 Å². The summed E-state index contributed by atoms with van der Waals surface area (Å²) in [4.78, 5) is 12.3. The van der Waals surface area contributed by atoms with Crippen LogP contribution in [0.15, 0.2) is 60.7 Å². The molecule has 4 rings (SSSR count). The van der Waals surface area contributed by atoms with E-state index in [2.05, 4.69) is 41.0 Å². The van der Waals surface area contributed by atoms with Crippen molar-refractivity contribution in [1.29, 1.82) is 0 Å². The lowest BCUT2D eigenvalue weighted by atomic mass is 10.1. The quantitative estimate of drug-likeness (QED) is 0.537. The molecule has 0 bridgehead atoms. The first kappa shape index (κ1) is 17.9. The summed E-state index contributed by atoms with van der Waals surface area (Å²) in [5.74, 6) is 1.30. The van der Waals surface area contributed by atoms with Crippen molar-refractivity contribution in [3.8, 4) is 22.6 Å². The average Bonchev–Trinajstić information content (AvgIpc) is 3.09. The molecule has 5 heteroatoms. The molecule has 0 spiro atoms. The zero-order chi connectivity index (χ0) is 19.5. The predicted octanol–water partition coefficient (Wildman–Crippen LogP) is 4.60. The maximum Gasteiger partial charge on any atom is 0.319 e. The van der Waals surface area contributed by atoms with Crippen molar-refractivity contribution in [2.24, 2.45) is 0 Å². The van der Waals surface area contributed by atoms with E-state index in [0.717, 1.165) is 17.7 Å². The fourth-order valence-electron chi connectivity index (χ4n) is 3.57. The molecule has 2 amide bonds. The van der Waals surface area contributed by atoms with Gasteiger partial charge in [0.1, 0.15) is 0 Å². The van der Waals surface area contributed by atoms with Gasteiger partial charge in [-0.2, -0.15) is 0 Å². The van der Waals surface area contributed by atoms with Crippen molar-refractivity contribution in [1.82, 2.24) is 5.32 Å². The molecule has 5 nitrogen and oxygen atoms in total. The highest BCUT2D eigenvalue weighted by atomic mass is 16.5. The fourth-order valence-corrected chi connectivity index (χ4v) is 3.57. The van der Waals surface area contributed by atoms with Gasteiger partial charge < -0.3 is 20.1 Å². The Kier molecular flexibility index (Phi) is 4.89. The van der Waals surface area contributed by atoms with Crippen LogP contribution in [-0.2, 0) is 13.0 Å². The maximum absolute atomic E-state index is 12.3. The van der Waals surface area contributed by atoms with E-state index in [0.29, 0.717) is 18.0 Å². The molecule has 3 aromatic rings. The number of urea groups is 1. The summed E-state index contributed by atoms with van der Waals surface area (Å²) in [7, 11) is 3.19. The zero-order valence-electron chi connectivity index (χ0n) is 15.9. The van der Waals surface area contributed by atoms with Crippen LogP contribution in [0.25, 0.3) is 11.1 Å². The first-order chi connectivity index (χ1) is 13.7. The third kappa shape index (κ3) is 3.51. The highest BCUT2D eigenvalue weighted by Gasteiger charge is 2.18. The predicted molar refractivity (Wildman–Crippen MR) is 110 cm³/mol. The average molecular weight is 374 g/mol. The molecule has 0 heterocycles. The second kappa shape index (κ2) is 7.64. The van der Waals surface area contributed by atoms with Gasteiger partial charge in [-0.3, -0.25) is 0 Å². The molecule has 0 aliphatic heterocycles. The number of hydrogen-bond acceptors (Lipinski definition) is 3. The fraction of sp³-hybridized carbons (Fsp3) is 0.174. The standard InChI is InChI=1S/C23H22N2O3/c1-27-21-10-7-15(11-22(21)28-2)14-24-23(26)25-18-8-9-20-17(13-18)12-16-5-3-4-6-19(16)20/h3-11,13H,12,14H2,1-2H3,(H2,24,25,26). The zero-order valence-corrected chi connectivity index (χ0v) is 15.9. The SMILES string of the molecule is COc1ccc(CNC(=O)Nc2ccc3c(c2)Cc2ccccc2-3)cc1OC. The lowest BCUT2D eigenvalue weighted by Gasteiger charge is -2.11. The summed E-state index contributed by atoms with van der Waals surface area (Å²) in [6.45, 7) is 0.391. The Morgan fingerprint density at radius 1 is 0.893 bits per heavy atom.